The molecule has 2 heterocycles. The van der Waals surface area contributed by atoms with Crippen LogP contribution in [-0.2, 0) is 6.61 Å². The van der Waals surface area contributed by atoms with Gasteiger partial charge in [0.15, 0.2) is 11.5 Å². The fraction of sp³-hybridized carbons (Fsp3) is 0.269. The van der Waals surface area contributed by atoms with E-state index in [0.29, 0.717) is 41.7 Å². The first-order valence-corrected chi connectivity index (χ1v) is 11.0. The van der Waals surface area contributed by atoms with Gasteiger partial charge in [0, 0.05) is 24.7 Å². The Kier molecular flexibility index (Phi) is 6.02. The van der Waals surface area contributed by atoms with Crippen LogP contribution in [0.15, 0.2) is 60.7 Å². The summed E-state index contributed by atoms with van der Waals surface area (Å²) in [5.74, 6) is 1.96. The van der Waals surface area contributed by atoms with E-state index in [1.54, 1.807) is 35.2 Å². The van der Waals surface area contributed by atoms with Crippen LogP contribution in [0.2, 0.25) is 0 Å². The van der Waals surface area contributed by atoms with E-state index < -0.39 is 0 Å². The van der Waals surface area contributed by atoms with E-state index in [9.17, 15) is 9.18 Å². The highest BCUT2D eigenvalue weighted by Crippen LogP contribution is 2.37. The smallest absolute Gasteiger partial charge is 0.415 e. The lowest BCUT2D eigenvalue weighted by Gasteiger charge is -2.26. The summed E-state index contributed by atoms with van der Waals surface area (Å²) in [5, 5.41) is 0. The number of fused-ring (bicyclic) bond motifs is 2. The van der Waals surface area contributed by atoms with E-state index in [4.69, 9.17) is 18.9 Å². The van der Waals surface area contributed by atoms with Gasteiger partial charge in [0.2, 0.25) is 6.79 Å². The average molecular weight is 449 g/mol. The van der Waals surface area contributed by atoms with Crippen LogP contribution in [0.25, 0.3) is 11.1 Å². The van der Waals surface area contributed by atoms with E-state index in [1.165, 1.54) is 12.1 Å². The number of hydrogen-bond acceptors (Lipinski definition) is 5. The van der Waals surface area contributed by atoms with Gasteiger partial charge in [-0.15, -0.1) is 0 Å². The summed E-state index contributed by atoms with van der Waals surface area (Å²) in [6, 6.07) is 17.0. The van der Waals surface area contributed by atoms with Crippen molar-refractivity contribution in [3.63, 3.8) is 0 Å². The fourth-order valence-electron chi connectivity index (χ4n) is 4.07. The first-order chi connectivity index (χ1) is 16.2. The minimum Gasteiger partial charge on any atom is -0.485 e. The second kappa shape index (κ2) is 9.40. The summed E-state index contributed by atoms with van der Waals surface area (Å²) < 4.78 is 36.3. The Morgan fingerprint density at radius 3 is 2.58 bits per heavy atom. The molecule has 1 fully saturated rings. The quantitative estimate of drug-likeness (QED) is 0.494. The number of ether oxygens (including phenoxy) is 4. The van der Waals surface area contributed by atoms with Crippen molar-refractivity contribution in [1.82, 2.24) is 4.90 Å². The number of amides is 1. The molecule has 1 saturated heterocycles. The molecule has 0 spiro atoms. The zero-order valence-corrected chi connectivity index (χ0v) is 18.1. The maximum atomic E-state index is 13.5. The number of halogens is 1. The van der Waals surface area contributed by atoms with Crippen molar-refractivity contribution in [2.45, 2.75) is 25.9 Å². The molecule has 2 bridgehead atoms. The van der Waals surface area contributed by atoms with Crippen LogP contribution in [0.4, 0.5) is 9.18 Å². The molecule has 6 nitrogen and oxygen atoms in total. The predicted molar refractivity (Wildman–Crippen MR) is 120 cm³/mol. The van der Waals surface area contributed by atoms with Gasteiger partial charge in [0.1, 0.15) is 23.9 Å². The van der Waals surface area contributed by atoms with Gasteiger partial charge in [0.05, 0.1) is 0 Å². The topological polar surface area (TPSA) is 57.2 Å². The summed E-state index contributed by atoms with van der Waals surface area (Å²) in [6.45, 7) is 1.64. The van der Waals surface area contributed by atoms with Crippen molar-refractivity contribution < 1.29 is 28.1 Å². The third kappa shape index (κ3) is 4.72. The standard InChI is InChI=1S/C26H24FNO5/c27-19-9-7-18(8-10-19)21-5-4-6-23(33-26(29)28-13-2-1-3-14-28)22(21)16-30-24-12-11-20-15-25(24)32-17-31-20/h4-12,15H,1-3,13-14,16-17H2. The van der Waals surface area contributed by atoms with Crippen molar-refractivity contribution >= 4 is 6.09 Å². The second-order valence-electron chi connectivity index (χ2n) is 8.01. The van der Waals surface area contributed by atoms with Crippen LogP contribution in [0.3, 0.4) is 0 Å². The van der Waals surface area contributed by atoms with E-state index in [2.05, 4.69) is 0 Å². The van der Waals surface area contributed by atoms with Crippen LogP contribution >= 0.6 is 0 Å². The minimum atomic E-state index is -0.368. The third-order valence-corrected chi connectivity index (χ3v) is 5.83. The maximum absolute atomic E-state index is 13.5. The first-order valence-electron chi connectivity index (χ1n) is 11.0. The molecule has 3 aromatic carbocycles. The maximum Gasteiger partial charge on any atom is 0.415 e. The number of piperidine rings is 1. The Morgan fingerprint density at radius 2 is 1.76 bits per heavy atom. The molecule has 0 aliphatic carbocycles. The molecule has 2 aliphatic heterocycles. The molecule has 2 aliphatic rings. The van der Waals surface area contributed by atoms with Gasteiger partial charge in [-0.2, -0.15) is 0 Å². The van der Waals surface area contributed by atoms with Crippen molar-refractivity contribution in [3.05, 3.63) is 72.0 Å². The van der Waals surface area contributed by atoms with E-state index in [1.807, 2.05) is 18.2 Å². The summed E-state index contributed by atoms with van der Waals surface area (Å²) in [7, 11) is 0. The van der Waals surface area contributed by atoms with Gasteiger partial charge >= 0.3 is 6.09 Å². The fourth-order valence-corrected chi connectivity index (χ4v) is 4.07. The lowest BCUT2D eigenvalue weighted by molar-refractivity contribution is 0.0992. The van der Waals surface area contributed by atoms with Crippen molar-refractivity contribution in [3.8, 4) is 34.1 Å². The Labute approximate surface area is 191 Å². The molecule has 0 unspecified atom stereocenters. The first kappa shape index (κ1) is 21.1. The molecule has 0 atom stereocenters. The molecule has 0 radical (unpaired) electrons. The monoisotopic (exact) mass is 449 g/mol. The van der Waals surface area contributed by atoms with Crippen LogP contribution in [0.5, 0.6) is 23.0 Å². The predicted octanol–water partition coefficient (Wildman–Crippen LogP) is 5.79. The van der Waals surface area contributed by atoms with E-state index in [-0.39, 0.29) is 25.3 Å². The number of rotatable bonds is 5. The molecule has 0 N–H and O–H groups in total. The number of nitrogens with zero attached hydrogens (tertiary/aromatic N) is 1. The lowest BCUT2D eigenvalue weighted by atomic mass is 9.99. The summed E-state index contributed by atoms with van der Waals surface area (Å²) >= 11 is 0. The highest BCUT2D eigenvalue weighted by molar-refractivity contribution is 5.75. The Bertz CT molecular complexity index is 1140. The van der Waals surface area contributed by atoms with Crippen molar-refractivity contribution in [2.75, 3.05) is 19.9 Å². The summed E-state index contributed by atoms with van der Waals surface area (Å²) in [6.07, 6.45) is 2.70. The number of likely N-dealkylation sites (tertiary alicyclic amines) is 1. The van der Waals surface area contributed by atoms with E-state index >= 15 is 0 Å². The lowest BCUT2D eigenvalue weighted by Crippen LogP contribution is -2.37. The van der Waals surface area contributed by atoms with Crippen molar-refractivity contribution in [2.24, 2.45) is 0 Å². The molecule has 33 heavy (non-hydrogen) atoms. The number of hydrogen-bond donors (Lipinski definition) is 0. The Morgan fingerprint density at radius 1 is 0.939 bits per heavy atom. The van der Waals surface area contributed by atoms with Crippen LogP contribution < -0.4 is 18.9 Å². The van der Waals surface area contributed by atoms with Gasteiger partial charge in [-0.1, -0.05) is 24.3 Å². The molecule has 170 valence electrons. The Hall–Kier alpha value is -3.74. The third-order valence-electron chi connectivity index (χ3n) is 5.83. The highest BCUT2D eigenvalue weighted by Gasteiger charge is 2.22. The van der Waals surface area contributed by atoms with Gasteiger partial charge < -0.3 is 23.8 Å². The second-order valence-corrected chi connectivity index (χ2v) is 8.01. The molecule has 3 aromatic rings. The van der Waals surface area contributed by atoms with Gasteiger partial charge in [0.25, 0.3) is 0 Å². The normalized spacial score (nSPS) is 14.8. The zero-order chi connectivity index (χ0) is 22.6. The van der Waals surface area contributed by atoms with Crippen LogP contribution in [0, 0.1) is 5.82 Å². The van der Waals surface area contributed by atoms with Gasteiger partial charge in [-0.3, -0.25) is 0 Å². The number of benzene rings is 3. The Balaban J connectivity index is 1.45. The number of carbonyl (C=O) groups excluding carboxylic acids is 1. The molecule has 0 saturated carbocycles. The number of carbonyl (C=O) groups is 1. The molecule has 1 amide bonds. The molecule has 0 aromatic heterocycles. The molecular formula is C26H24FNO5. The summed E-state index contributed by atoms with van der Waals surface area (Å²) in [4.78, 5) is 14.5. The van der Waals surface area contributed by atoms with E-state index in [0.717, 1.165) is 30.4 Å². The molecule has 5 rings (SSSR count). The highest BCUT2D eigenvalue weighted by atomic mass is 19.1. The van der Waals surface area contributed by atoms with Crippen LogP contribution in [-0.4, -0.2) is 30.9 Å². The minimum absolute atomic E-state index is 0.128. The summed E-state index contributed by atoms with van der Waals surface area (Å²) in [5.41, 5.74) is 2.29. The van der Waals surface area contributed by atoms with Gasteiger partial charge in [-0.25, -0.2) is 9.18 Å². The van der Waals surface area contributed by atoms with Gasteiger partial charge in [-0.05, 0) is 60.7 Å². The van der Waals surface area contributed by atoms with Crippen molar-refractivity contribution in [1.29, 1.82) is 0 Å². The largest absolute Gasteiger partial charge is 0.485 e. The van der Waals surface area contributed by atoms with Crippen LogP contribution in [0.1, 0.15) is 24.8 Å². The average Bonchev–Trinajstić information content (AvgIpc) is 2.85. The molecular weight excluding hydrogens is 425 g/mol. The zero-order valence-electron chi connectivity index (χ0n) is 18.1. The molecule has 7 heteroatoms. The SMILES string of the molecule is O=C(Oc1cccc(-c2ccc(F)cc2)c1COc1ccc2cc1OCO2)N1CCCCC1.